The second-order valence-electron chi connectivity index (χ2n) is 8.07. The van der Waals surface area contributed by atoms with Crippen molar-refractivity contribution in [1.29, 1.82) is 0 Å². The van der Waals surface area contributed by atoms with Gasteiger partial charge in [-0.25, -0.2) is 4.39 Å². The molecule has 0 N–H and O–H groups in total. The molecule has 0 aliphatic rings. The van der Waals surface area contributed by atoms with E-state index in [1.54, 1.807) is 36.4 Å². The van der Waals surface area contributed by atoms with Crippen LogP contribution in [0.4, 0.5) is 4.39 Å². The third kappa shape index (κ3) is 6.67. The van der Waals surface area contributed by atoms with Crippen LogP contribution in [-0.4, -0.2) is 40.6 Å². The fourth-order valence-corrected chi connectivity index (χ4v) is 3.81. The van der Waals surface area contributed by atoms with E-state index in [1.807, 2.05) is 6.92 Å². The Kier molecular flexibility index (Phi) is 9.22. The van der Waals surface area contributed by atoms with Crippen LogP contribution in [0.3, 0.4) is 0 Å². The minimum atomic E-state index is -0.379. The highest BCUT2D eigenvalue weighted by atomic mass is 35.5. The molecular formula is C26H28ClFN2O4. The molecule has 180 valence electrons. The Morgan fingerprint density at radius 1 is 1.00 bits per heavy atom. The lowest BCUT2D eigenvalue weighted by molar-refractivity contribution is -0.141. The normalized spacial score (nSPS) is 10.9. The monoisotopic (exact) mass is 486 g/mol. The van der Waals surface area contributed by atoms with Gasteiger partial charge in [0.2, 0.25) is 11.8 Å². The number of benzene rings is 2. The van der Waals surface area contributed by atoms with Gasteiger partial charge in [-0.2, -0.15) is 0 Å². The van der Waals surface area contributed by atoms with E-state index in [9.17, 15) is 18.8 Å². The molecule has 3 aromatic rings. The highest BCUT2D eigenvalue weighted by Gasteiger charge is 2.22. The van der Waals surface area contributed by atoms with Crippen molar-refractivity contribution in [3.63, 3.8) is 0 Å². The Balaban J connectivity index is 1.87. The van der Waals surface area contributed by atoms with Gasteiger partial charge in [-0.15, -0.1) is 11.6 Å². The van der Waals surface area contributed by atoms with Gasteiger partial charge in [0, 0.05) is 25.4 Å². The third-order valence-electron chi connectivity index (χ3n) is 5.45. The number of carbonyl (C=O) groups is 2. The maximum absolute atomic E-state index is 13.4. The highest BCUT2D eigenvalue weighted by molar-refractivity contribution is 6.17. The number of carbonyl (C=O) groups excluding carboxylic acids is 2. The van der Waals surface area contributed by atoms with Crippen molar-refractivity contribution in [3.05, 3.63) is 82.0 Å². The molecule has 0 aliphatic heterocycles. The molecule has 0 bridgehead atoms. The molecule has 6 nitrogen and oxygen atoms in total. The predicted molar refractivity (Wildman–Crippen MR) is 130 cm³/mol. The molecule has 2 amide bonds. The number of fused-ring (bicyclic) bond motifs is 1. The van der Waals surface area contributed by atoms with E-state index < -0.39 is 0 Å². The molecule has 0 aliphatic carbocycles. The summed E-state index contributed by atoms with van der Waals surface area (Å²) in [6.45, 7) is 2.41. The van der Waals surface area contributed by atoms with E-state index in [0.717, 1.165) is 0 Å². The lowest BCUT2D eigenvalue weighted by Crippen LogP contribution is -2.43. The van der Waals surface area contributed by atoms with Crippen LogP contribution in [-0.2, 0) is 22.7 Å². The van der Waals surface area contributed by atoms with Crippen molar-refractivity contribution in [1.82, 2.24) is 9.80 Å². The van der Waals surface area contributed by atoms with Crippen molar-refractivity contribution in [2.24, 2.45) is 0 Å². The number of amides is 2. The van der Waals surface area contributed by atoms with E-state index in [0.29, 0.717) is 47.4 Å². The average molecular weight is 487 g/mol. The van der Waals surface area contributed by atoms with Gasteiger partial charge in [-0.1, -0.05) is 31.2 Å². The zero-order valence-electron chi connectivity index (χ0n) is 19.1. The molecule has 2 aromatic carbocycles. The van der Waals surface area contributed by atoms with Crippen molar-refractivity contribution in [3.8, 4) is 0 Å². The van der Waals surface area contributed by atoms with Gasteiger partial charge < -0.3 is 14.2 Å². The van der Waals surface area contributed by atoms with Crippen LogP contribution in [0.25, 0.3) is 11.0 Å². The molecule has 34 heavy (non-hydrogen) atoms. The lowest BCUT2D eigenvalue weighted by Gasteiger charge is -2.27. The number of para-hydroxylation sites is 1. The Labute approximate surface area is 202 Å². The van der Waals surface area contributed by atoms with Crippen LogP contribution in [0, 0.1) is 5.82 Å². The van der Waals surface area contributed by atoms with Crippen LogP contribution in [0.5, 0.6) is 0 Å². The summed E-state index contributed by atoms with van der Waals surface area (Å²) >= 11 is 5.72. The van der Waals surface area contributed by atoms with Gasteiger partial charge in [0.05, 0.1) is 30.3 Å². The predicted octanol–water partition coefficient (Wildman–Crippen LogP) is 4.72. The zero-order chi connectivity index (χ0) is 24.5. The molecule has 1 heterocycles. The largest absolute Gasteiger partial charge is 0.464 e. The van der Waals surface area contributed by atoms with Gasteiger partial charge in [-0.05, 0) is 42.7 Å². The highest BCUT2D eigenvalue weighted by Crippen LogP contribution is 2.15. The quantitative estimate of drug-likeness (QED) is 0.368. The summed E-state index contributed by atoms with van der Waals surface area (Å²) in [6.07, 6.45) is 2.87. The van der Waals surface area contributed by atoms with Gasteiger partial charge >= 0.3 is 0 Å². The maximum Gasteiger partial charge on any atom is 0.242 e. The minimum absolute atomic E-state index is 0.000781. The Bertz CT molecular complexity index is 1180. The van der Waals surface area contributed by atoms with E-state index in [4.69, 9.17) is 16.0 Å². The third-order valence-corrected chi connectivity index (χ3v) is 5.72. The van der Waals surface area contributed by atoms with Crippen LogP contribution < -0.4 is 5.43 Å². The first-order chi connectivity index (χ1) is 16.4. The second-order valence-corrected chi connectivity index (χ2v) is 8.45. The summed E-state index contributed by atoms with van der Waals surface area (Å²) in [6, 6.07) is 12.7. The molecule has 0 radical (unpaired) electrons. The lowest BCUT2D eigenvalue weighted by atomic mass is 10.1. The molecule has 3 rings (SSSR count). The minimum Gasteiger partial charge on any atom is -0.464 e. The Hall–Kier alpha value is -3.19. The molecular weight excluding hydrogens is 459 g/mol. The van der Waals surface area contributed by atoms with Crippen LogP contribution in [0.2, 0.25) is 0 Å². The number of nitrogens with zero attached hydrogens (tertiary/aromatic N) is 2. The second kappa shape index (κ2) is 12.3. The summed E-state index contributed by atoms with van der Waals surface area (Å²) in [4.78, 5) is 42.0. The van der Waals surface area contributed by atoms with Crippen molar-refractivity contribution in [2.75, 3.05) is 19.0 Å². The van der Waals surface area contributed by atoms with E-state index in [2.05, 4.69) is 0 Å². The standard InChI is InChI=1S/C26H28ClFN2O4/c1-2-14-29(24(31)8-5-13-27)17-25(32)30(15-19-9-11-21(28)12-10-19)16-20-18-34-23-7-4-3-6-22(23)26(20)33/h3-4,6-7,9-12,18H,2,5,8,13-17H2,1H3. The van der Waals surface area contributed by atoms with E-state index >= 15 is 0 Å². The molecule has 0 spiro atoms. The number of alkyl halides is 1. The van der Waals surface area contributed by atoms with Crippen LogP contribution in [0.1, 0.15) is 37.3 Å². The van der Waals surface area contributed by atoms with E-state index in [1.165, 1.54) is 28.2 Å². The van der Waals surface area contributed by atoms with Gasteiger partial charge in [0.25, 0.3) is 0 Å². The molecule has 0 unspecified atom stereocenters. The summed E-state index contributed by atoms with van der Waals surface area (Å²) in [5.74, 6) is -0.461. The fraction of sp³-hybridized carbons (Fsp3) is 0.346. The average Bonchev–Trinajstić information content (AvgIpc) is 2.84. The number of halogens is 2. The molecule has 8 heteroatoms. The maximum atomic E-state index is 13.4. The SMILES string of the molecule is CCCN(CC(=O)N(Cc1ccc(F)cc1)Cc1coc2ccccc2c1=O)C(=O)CCCCl. The summed E-state index contributed by atoms with van der Waals surface area (Å²) < 4.78 is 19.0. The van der Waals surface area contributed by atoms with Gasteiger partial charge in [0.15, 0.2) is 5.43 Å². The van der Waals surface area contributed by atoms with Crippen LogP contribution >= 0.6 is 11.6 Å². The van der Waals surface area contributed by atoms with Gasteiger partial charge in [0.1, 0.15) is 11.4 Å². The van der Waals surface area contributed by atoms with Crippen molar-refractivity contribution >= 4 is 34.4 Å². The summed E-state index contributed by atoms with van der Waals surface area (Å²) in [5, 5.41) is 0.429. The first-order valence-electron chi connectivity index (χ1n) is 11.3. The molecule has 0 saturated heterocycles. The van der Waals surface area contributed by atoms with Gasteiger partial charge in [-0.3, -0.25) is 14.4 Å². The van der Waals surface area contributed by atoms with Crippen molar-refractivity contribution < 1.29 is 18.4 Å². The van der Waals surface area contributed by atoms with E-state index in [-0.39, 0.29) is 49.1 Å². The topological polar surface area (TPSA) is 70.8 Å². The molecule has 0 atom stereocenters. The smallest absolute Gasteiger partial charge is 0.242 e. The Morgan fingerprint density at radius 3 is 2.44 bits per heavy atom. The first kappa shape index (κ1) is 25.4. The molecule has 0 saturated carbocycles. The molecule has 1 aromatic heterocycles. The molecule has 0 fully saturated rings. The number of hydrogen-bond donors (Lipinski definition) is 0. The summed E-state index contributed by atoms with van der Waals surface area (Å²) in [5.41, 5.74) is 1.27. The van der Waals surface area contributed by atoms with Crippen molar-refractivity contribution in [2.45, 2.75) is 39.3 Å². The first-order valence-corrected chi connectivity index (χ1v) is 11.8. The number of rotatable bonds is 11. The zero-order valence-corrected chi connectivity index (χ0v) is 19.9. The number of hydrogen-bond acceptors (Lipinski definition) is 4. The summed E-state index contributed by atoms with van der Waals surface area (Å²) in [7, 11) is 0. The fourth-order valence-electron chi connectivity index (χ4n) is 3.68. The Morgan fingerprint density at radius 2 is 1.74 bits per heavy atom. The van der Waals surface area contributed by atoms with Crippen LogP contribution in [0.15, 0.2) is 64.0 Å².